The van der Waals surface area contributed by atoms with Gasteiger partial charge in [0.1, 0.15) is 13.2 Å². The highest BCUT2D eigenvalue weighted by Gasteiger charge is 2.19. The van der Waals surface area contributed by atoms with Crippen molar-refractivity contribution in [3.63, 3.8) is 0 Å². The second kappa shape index (κ2) is 55.3. The van der Waals surface area contributed by atoms with Gasteiger partial charge in [-0.2, -0.15) is 0 Å². The number of rotatable bonds is 56. The lowest BCUT2D eigenvalue weighted by molar-refractivity contribution is -0.167. The lowest BCUT2D eigenvalue weighted by Crippen LogP contribution is -2.30. The second-order valence-electron chi connectivity index (χ2n) is 21.5. The number of unbranched alkanes of at least 4 members (excludes halogenated alkanes) is 43. The molecule has 0 N–H and O–H groups in total. The molecule has 1 atom stereocenters. The van der Waals surface area contributed by atoms with E-state index in [1.807, 2.05) is 0 Å². The van der Waals surface area contributed by atoms with E-state index >= 15 is 0 Å². The summed E-state index contributed by atoms with van der Waals surface area (Å²) in [5, 5.41) is 0. The summed E-state index contributed by atoms with van der Waals surface area (Å²) in [5.41, 5.74) is 0. The summed E-state index contributed by atoms with van der Waals surface area (Å²) in [7, 11) is 0. The Labute approximate surface area is 418 Å². The zero-order valence-electron chi connectivity index (χ0n) is 45.9. The Bertz CT molecular complexity index is 1010. The molecule has 0 unspecified atom stereocenters. The Kier molecular flexibility index (Phi) is 54.0. The first-order chi connectivity index (χ1) is 32.9. The monoisotopic (exact) mass is 947 g/mol. The van der Waals surface area contributed by atoms with Crippen molar-refractivity contribution < 1.29 is 28.6 Å². The average Bonchev–Trinajstić information content (AvgIpc) is 3.31. The Morgan fingerprint density at radius 3 is 0.731 bits per heavy atom. The normalized spacial score (nSPS) is 12.0. The van der Waals surface area contributed by atoms with Crippen LogP contribution in [-0.2, 0) is 28.6 Å². The minimum atomic E-state index is -0.762. The lowest BCUT2D eigenvalue weighted by Gasteiger charge is -2.18. The third-order valence-electron chi connectivity index (χ3n) is 14.0. The summed E-state index contributed by atoms with van der Waals surface area (Å²) in [6.45, 7) is 9.08. The number of carbonyl (C=O) groups is 3. The van der Waals surface area contributed by atoms with Gasteiger partial charge in [0, 0.05) is 19.3 Å². The van der Waals surface area contributed by atoms with E-state index < -0.39 is 6.10 Å². The Morgan fingerprint density at radius 1 is 0.284 bits per heavy atom. The number of hydrogen-bond acceptors (Lipinski definition) is 6. The number of hydrogen-bond donors (Lipinski definition) is 0. The van der Waals surface area contributed by atoms with Crippen molar-refractivity contribution in [1.82, 2.24) is 0 Å². The van der Waals surface area contributed by atoms with Crippen molar-refractivity contribution in [1.29, 1.82) is 0 Å². The van der Waals surface area contributed by atoms with Crippen molar-refractivity contribution in [2.75, 3.05) is 13.2 Å². The van der Waals surface area contributed by atoms with E-state index in [0.29, 0.717) is 19.3 Å². The summed E-state index contributed by atoms with van der Waals surface area (Å²) in [6.07, 6.45) is 60.9. The van der Waals surface area contributed by atoms with Crippen LogP contribution in [0.2, 0.25) is 0 Å². The highest BCUT2D eigenvalue weighted by atomic mass is 16.6. The summed E-state index contributed by atoms with van der Waals surface area (Å²) in [4.78, 5) is 38.2. The van der Waals surface area contributed by atoms with Gasteiger partial charge in [0.25, 0.3) is 0 Å². The fourth-order valence-electron chi connectivity index (χ4n) is 9.46. The smallest absolute Gasteiger partial charge is 0.306 e. The number of ether oxygens (including phenoxy) is 3. The highest BCUT2D eigenvalue weighted by Crippen LogP contribution is 2.18. The fraction of sp³-hybridized carbons (Fsp3) is 0.951. The SMILES string of the molecule is CCCCCCCCCCCCCCCCCCCCC(=O)OC[C@H](COC(=O)CCCCCCCCCCCCCCCC)OC(=O)CCCCCCCCCCCCCCCCC(C)C. The van der Waals surface area contributed by atoms with Crippen LogP contribution in [0, 0.1) is 5.92 Å². The van der Waals surface area contributed by atoms with Crippen LogP contribution in [0.1, 0.15) is 349 Å². The molecule has 0 bridgehead atoms. The first-order valence-corrected chi connectivity index (χ1v) is 30.4. The standard InChI is InChI=1S/C61H118O6/c1-5-7-9-11-13-15-17-19-21-22-23-24-29-33-37-41-45-49-53-60(63)66-56-58(55-65-59(62)52-48-44-40-36-32-28-20-18-16-14-12-10-8-6-2)67-61(64)54-50-46-42-38-34-30-26-25-27-31-35-39-43-47-51-57(3)4/h57-58H,5-56H2,1-4H3/t58-/m0/s1. The molecule has 0 saturated heterocycles. The molecule has 0 aromatic rings. The van der Waals surface area contributed by atoms with E-state index in [4.69, 9.17) is 14.2 Å². The summed E-state index contributed by atoms with van der Waals surface area (Å²) >= 11 is 0. The van der Waals surface area contributed by atoms with Gasteiger partial charge >= 0.3 is 17.9 Å². The van der Waals surface area contributed by atoms with Crippen LogP contribution in [0.4, 0.5) is 0 Å². The molecule has 0 saturated carbocycles. The maximum atomic E-state index is 12.9. The third kappa shape index (κ3) is 55.2. The van der Waals surface area contributed by atoms with E-state index in [1.165, 1.54) is 244 Å². The van der Waals surface area contributed by atoms with E-state index in [1.54, 1.807) is 0 Å². The largest absolute Gasteiger partial charge is 0.462 e. The lowest BCUT2D eigenvalue weighted by atomic mass is 10.0. The van der Waals surface area contributed by atoms with Gasteiger partial charge in [-0.15, -0.1) is 0 Å². The van der Waals surface area contributed by atoms with Gasteiger partial charge in [-0.3, -0.25) is 14.4 Å². The van der Waals surface area contributed by atoms with E-state index in [2.05, 4.69) is 27.7 Å². The molecule has 0 amide bonds. The second-order valence-corrected chi connectivity index (χ2v) is 21.5. The Morgan fingerprint density at radius 2 is 0.493 bits per heavy atom. The molecule has 0 fully saturated rings. The predicted octanol–water partition coefficient (Wildman–Crippen LogP) is 20.2. The zero-order valence-corrected chi connectivity index (χ0v) is 45.9. The summed E-state index contributed by atoms with van der Waals surface area (Å²) in [5.74, 6) is 0.0122. The first-order valence-electron chi connectivity index (χ1n) is 30.4. The molecule has 6 heteroatoms. The van der Waals surface area contributed by atoms with Crippen molar-refractivity contribution in [3.8, 4) is 0 Å². The fourth-order valence-corrected chi connectivity index (χ4v) is 9.46. The number of esters is 3. The Balaban J connectivity index is 4.28. The molecular weight excluding hydrogens is 829 g/mol. The zero-order chi connectivity index (χ0) is 48.8. The molecule has 0 radical (unpaired) electrons. The van der Waals surface area contributed by atoms with E-state index in [-0.39, 0.29) is 31.1 Å². The molecule has 0 rings (SSSR count). The van der Waals surface area contributed by atoms with Crippen LogP contribution in [0.25, 0.3) is 0 Å². The van der Waals surface area contributed by atoms with Crippen LogP contribution >= 0.6 is 0 Å². The van der Waals surface area contributed by atoms with Gasteiger partial charge in [0.2, 0.25) is 0 Å². The van der Waals surface area contributed by atoms with Gasteiger partial charge in [-0.1, -0.05) is 310 Å². The van der Waals surface area contributed by atoms with Crippen molar-refractivity contribution in [2.24, 2.45) is 5.92 Å². The molecule has 0 aliphatic rings. The molecule has 0 aromatic heterocycles. The van der Waals surface area contributed by atoms with Crippen molar-refractivity contribution in [3.05, 3.63) is 0 Å². The van der Waals surface area contributed by atoms with E-state index in [0.717, 1.165) is 63.7 Å². The number of carbonyl (C=O) groups excluding carboxylic acids is 3. The minimum absolute atomic E-state index is 0.0615. The average molecular weight is 948 g/mol. The van der Waals surface area contributed by atoms with Gasteiger partial charge in [-0.05, 0) is 25.2 Å². The molecule has 398 valence electrons. The van der Waals surface area contributed by atoms with Crippen LogP contribution in [0.3, 0.4) is 0 Å². The topological polar surface area (TPSA) is 78.9 Å². The molecule has 0 aliphatic carbocycles. The quantitative estimate of drug-likeness (QED) is 0.0343. The molecular formula is C61H118O6. The predicted molar refractivity (Wildman–Crippen MR) is 289 cm³/mol. The molecule has 6 nitrogen and oxygen atoms in total. The molecule has 0 heterocycles. The van der Waals surface area contributed by atoms with Gasteiger partial charge in [0.15, 0.2) is 6.10 Å². The minimum Gasteiger partial charge on any atom is -0.462 e. The maximum absolute atomic E-state index is 12.9. The molecule has 0 spiro atoms. The molecule has 67 heavy (non-hydrogen) atoms. The summed E-state index contributed by atoms with van der Waals surface area (Å²) in [6, 6.07) is 0. The van der Waals surface area contributed by atoms with Gasteiger partial charge in [-0.25, -0.2) is 0 Å². The van der Waals surface area contributed by atoms with Crippen molar-refractivity contribution in [2.45, 2.75) is 355 Å². The Hall–Kier alpha value is -1.59. The van der Waals surface area contributed by atoms with Crippen LogP contribution in [-0.4, -0.2) is 37.2 Å². The molecule has 0 aliphatic heterocycles. The van der Waals surface area contributed by atoms with Crippen LogP contribution in [0.5, 0.6) is 0 Å². The third-order valence-corrected chi connectivity index (χ3v) is 14.0. The van der Waals surface area contributed by atoms with E-state index in [9.17, 15) is 14.4 Å². The van der Waals surface area contributed by atoms with Crippen LogP contribution < -0.4 is 0 Å². The molecule has 0 aromatic carbocycles. The highest BCUT2D eigenvalue weighted by molar-refractivity contribution is 5.71. The summed E-state index contributed by atoms with van der Waals surface area (Å²) < 4.78 is 16.9. The first kappa shape index (κ1) is 65.4. The van der Waals surface area contributed by atoms with Gasteiger partial charge < -0.3 is 14.2 Å². The van der Waals surface area contributed by atoms with Crippen molar-refractivity contribution >= 4 is 17.9 Å². The maximum Gasteiger partial charge on any atom is 0.306 e. The van der Waals surface area contributed by atoms with Gasteiger partial charge in [0.05, 0.1) is 0 Å². The van der Waals surface area contributed by atoms with Crippen LogP contribution in [0.15, 0.2) is 0 Å².